The first-order valence-electron chi connectivity index (χ1n) is 25.1. The molecule has 0 amide bonds. The third-order valence-corrected chi connectivity index (χ3v) is 20.1. The number of carbonyl (C=O) groups excluding carboxylic acids is 1. The largest absolute Gasteiger partial charge is 0.481 e. The van der Waals surface area contributed by atoms with E-state index < -0.39 is 17.2 Å². The number of aliphatic carboxylic acids is 1. The van der Waals surface area contributed by atoms with E-state index >= 15 is 0 Å². The molecule has 62 heavy (non-hydrogen) atoms. The van der Waals surface area contributed by atoms with Gasteiger partial charge in [-0.05, 0) is 224 Å². The Kier molecular flexibility index (Phi) is 16.6. The molecule has 6 saturated carbocycles. The van der Waals surface area contributed by atoms with Gasteiger partial charge in [0.25, 0.3) is 0 Å². The number of hydrogen-bond donors (Lipinski definition) is 3. The minimum Gasteiger partial charge on any atom is -0.481 e. The van der Waals surface area contributed by atoms with Crippen molar-refractivity contribution in [3.63, 3.8) is 0 Å². The first-order valence-corrected chi connectivity index (χ1v) is 25.1. The van der Waals surface area contributed by atoms with Gasteiger partial charge < -0.3 is 24.8 Å². The number of allylic oxidation sites excluding steroid dienone is 2. The van der Waals surface area contributed by atoms with Gasteiger partial charge in [0.05, 0.1) is 18.3 Å². The highest BCUT2D eigenvalue weighted by atomic mass is 16.5. The number of carbonyl (C=O) groups is 2. The van der Waals surface area contributed by atoms with Gasteiger partial charge in [-0.25, -0.2) is 0 Å². The van der Waals surface area contributed by atoms with E-state index in [1.54, 1.807) is 11.1 Å². The quantitative estimate of drug-likeness (QED) is 0.164. The topological polar surface area (TPSA) is 113 Å². The molecule has 7 heteroatoms. The molecule has 9 aliphatic rings. The second kappa shape index (κ2) is 20.0. The fraction of sp³-hybridized carbons (Fsp3) is 0.891. The second-order valence-electron chi connectivity index (χ2n) is 23.6. The third-order valence-electron chi connectivity index (χ3n) is 20.1. The van der Waals surface area contributed by atoms with Crippen LogP contribution in [-0.4, -0.2) is 58.8 Å². The number of carboxylic acids is 1. The van der Waals surface area contributed by atoms with Gasteiger partial charge in [0, 0.05) is 26.1 Å². The minimum absolute atomic E-state index is 0. The molecule has 0 aromatic heterocycles. The molecule has 3 N–H and O–H groups in total. The summed E-state index contributed by atoms with van der Waals surface area (Å²) >= 11 is 0. The van der Waals surface area contributed by atoms with Crippen molar-refractivity contribution in [1.29, 1.82) is 0 Å². The Morgan fingerprint density at radius 3 is 1.45 bits per heavy atom. The Bertz CT molecular complexity index is 1580. The average Bonchev–Trinajstić information content (AvgIpc) is 3.96. The van der Waals surface area contributed by atoms with Crippen molar-refractivity contribution >= 4 is 11.9 Å². The molecule has 8 aliphatic carbocycles. The van der Waals surface area contributed by atoms with Crippen molar-refractivity contribution < 1.29 is 34.4 Å². The fourth-order valence-electron chi connectivity index (χ4n) is 16.4. The summed E-state index contributed by atoms with van der Waals surface area (Å²) in [6.45, 7) is 16.1. The summed E-state index contributed by atoms with van der Waals surface area (Å²) < 4.78 is 9.77. The molecule has 7 nitrogen and oxygen atoms in total. The SMILES string of the molecule is C.C.C1CCOC1.COC(=O)CCC[C@H]1CC[C@H]2[C@@H]3CC=C4C[C@@](C)(O)CC[C@]4(C)[C@H]3CC[C@]12C.C[C@]1(O)CC[C@@]2(C)C(=CC[C@H]3[C@@H]4CC[C@H](CCCC(=O)O)[C@@]4(C)CC[C@@H]32)C1. The first kappa shape index (κ1) is 51.3. The molecule has 0 aromatic carbocycles. The van der Waals surface area contributed by atoms with Crippen LogP contribution in [-0.2, 0) is 19.1 Å². The van der Waals surface area contributed by atoms with Crippen LogP contribution in [0.5, 0.6) is 0 Å². The maximum absolute atomic E-state index is 11.5. The lowest BCUT2D eigenvalue weighted by molar-refractivity contribution is -0.141. The fourth-order valence-corrected chi connectivity index (χ4v) is 16.4. The summed E-state index contributed by atoms with van der Waals surface area (Å²) in [5.41, 5.74) is 3.58. The number of aliphatic hydroxyl groups is 2. The number of carboxylic acid groups (broad SMARTS) is 1. The molecule has 0 radical (unpaired) electrons. The van der Waals surface area contributed by atoms with Crippen molar-refractivity contribution in [3.05, 3.63) is 23.3 Å². The van der Waals surface area contributed by atoms with E-state index in [0.29, 0.717) is 40.4 Å². The van der Waals surface area contributed by atoms with Crippen molar-refractivity contribution in [2.75, 3.05) is 20.3 Å². The number of fused-ring (bicyclic) bond motifs is 10. The van der Waals surface area contributed by atoms with E-state index in [1.165, 1.54) is 90.6 Å². The van der Waals surface area contributed by atoms with Crippen molar-refractivity contribution in [3.8, 4) is 0 Å². The smallest absolute Gasteiger partial charge is 0.305 e. The lowest BCUT2D eigenvalue weighted by Gasteiger charge is -2.59. The standard InChI is InChI=1S/C25H40O3.C24H38O3.C4H8O.2CH4/c1-23(27)14-15-25(3)18(16-23)8-10-19-20-11-9-17(6-5-7-22(26)28-4)24(20,2)13-12-21(19)25;1-22(27)13-14-24(3)17(15-22)7-9-18-19-10-8-16(5-4-6-21(25)26)23(19,2)12-11-20(18)24;1-2-4-5-3-1;;/h8,17,19-21,27H,5-7,9-16H2,1-4H3;7,16,18-20,27H,4-6,8-15H2,1-3H3,(H,25,26);1-4H2;2*1H4/t17-,19-,20-,21-,23-,24+,25-;16-,18-,19-,20-,22-,23+,24-;;;/m00.../s1. The highest BCUT2D eigenvalue weighted by Gasteiger charge is 2.60. The second-order valence-corrected chi connectivity index (χ2v) is 23.6. The van der Waals surface area contributed by atoms with Crippen LogP contribution in [0.4, 0.5) is 0 Å². The van der Waals surface area contributed by atoms with Crippen LogP contribution in [0.2, 0.25) is 0 Å². The van der Waals surface area contributed by atoms with Gasteiger partial charge >= 0.3 is 11.9 Å². The van der Waals surface area contributed by atoms with Crippen LogP contribution >= 0.6 is 0 Å². The zero-order chi connectivity index (χ0) is 43.1. The molecule has 1 aliphatic heterocycles. The predicted molar refractivity (Wildman–Crippen MR) is 253 cm³/mol. The first-order chi connectivity index (χ1) is 28.4. The minimum atomic E-state index is -0.649. The lowest BCUT2D eigenvalue weighted by atomic mass is 9.46. The van der Waals surface area contributed by atoms with Gasteiger partial charge in [0.15, 0.2) is 0 Å². The highest BCUT2D eigenvalue weighted by Crippen LogP contribution is 2.69. The summed E-state index contributed by atoms with van der Waals surface area (Å²) in [6.07, 6.45) is 31.6. The van der Waals surface area contributed by atoms with E-state index in [9.17, 15) is 19.8 Å². The van der Waals surface area contributed by atoms with Gasteiger partial charge in [-0.2, -0.15) is 0 Å². The summed E-state index contributed by atoms with van der Waals surface area (Å²) in [5.74, 6) is 5.63. The molecule has 14 atom stereocenters. The number of ether oxygens (including phenoxy) is 2. The van der Waals surface area contributed by atoms with Crippen LogP contribution in [0.25, 0.3) is 0 Å². The number of methoxy groups -OCH3 is 1. The molecule has 7 fully saturated rings. The summed E-state index contributed by atoms with van der Waals surface area (Å²) in [7, 11) is 1.49. The zero-order valence-corrected chi connectivity index (χ0v) is 39.1. The molecular formula is C55H94O7. The molecule has 1 saturated heterocycles. The van der Waals surface area contributed by atoms with Gasteiger partial charge in [-0.15, -0.1) is 0 Å². The molecule has 9 rings (SSSR count). The average molecular weight is 867 g/mol. The highest BCUT2D eigenvalue weighted by molar-refractivity contribution is 5.69. The number of hydrogen-bond acceptors (Lipinski definition) is 6. The predicted octanol–water partition coefficient (Wildman–Crippen LogP) is 13.3. The number of rotatable bonds is 8. The van der Waals surface area contributed by atoms with Gasteiger partial charge in [0.1, 0.15) is 0 Å². The van der Waals surface area contributed by atoms with Crippen LogP contribution in [0.3, 0.4) is 0 Å². The third kappa shape index (κ3) is 10.2. The Balaban J connectivity index is 0.000000204. The van der Waals surface area contributed by atoms with Crippen LogP contribution in [0.15, 0.2) is 23.3 Å². The molecule has 1 heterocycles. The van der Waals surface area contributed by atoms with Gasteiger partial charge in [0.2, 0.25) is 0 Å². The molecule has 0 spiro atoms. The van der Waals surface area contributed by atoms with Crippen molar-refractivity contribution in [2.24, 2.45) is 69.0 Å². The van der Waals surface area contributed by atoms with E-state index in [1.807, 2.05) is 13.8 Å². The Morgan fingerprint density at radius 1 is 0.629 bits per heavy atom. The summed E-state index contributed by atoms with van der Waals surface area (Å²) in [4.78, 5) is 22.4. The van der Waals surface area contributed by atoms with E-state index in [0.717, 1.165) is 112 Å². The number of esters is 1. The van der Waals surface area contributed by atoms with Crippen molar-refractivity contribution in [2.45, 2.75) is 222 Å². The van der Waals surface area contributed by atoms with Gasteiger partial charge in [-0.1, -0.05) is 65.8 Å². The van der Waals surface area contributed by atoms with E-state index in [-0.39, 0.29) is 20.8 Å². The van der Waals surface area contributed by atoms with E-state index in [2.05, 4.69) is 39.8 Å². The summed E-state index contributed by atoms with van der Waals surface area (Å²) in [5, 5.41) is 30.2. The maximum atomic E-state index is 11.5. The molecule has 0 aromatic rings. The molecule has 356 valence electrons. The van der Waals surface area contributed by atoms with Crippen molar-refractivity contribution in [1.82, 2.24) is 0 Å². The molecular weight excluding hydrogens is 773 g/mol. The zero-order valence-electron chi connectivity index (χ0n) is 39.1. The normalized spacial score (nSPS) is 44.7. The summed E-state index contributed by atoms with van der Waals surface area (Å²) in [6, 6.07) is 0. The van der Waals surface area contributed by atoms with Crippen LogP contribution in [0.1, 0.15) is 210 Å². The lowest BCUT2D eigenvalue weighted by Crippen LogP contribution is -2.51. The van der Waals surface area contributed by atoms with Gasteiger partial charge in [-0.3, -0.25) is 9.59 Å². The Morgan fingerprint density at radius 2 is 1.06 bits per heavy atom. The van der Waals surface area contributed by atoms with E-state index in [4.69, 9.17) is 14.6 Å². The monoisotopic (exact) mass is 867 g/mol. The molecule has 0 bridgehead atoms. The Labute approximate surface area is 379 Å². The van der Waals surface area contributed by atoms with Crippen LogP contribution in [0, 0.1) is 69.0 Å². The maximum Gasteiger partial charge on any atom is 0.305 e. The molecule has 0 unspecified atom stereocenters. The van der Waals surface area contributed by atoms with Crippen LogP contribution < -0.4 is 0 Å². The Hall–Kier alpha value is -1.70.